The number of hydrogen-bond donors (Lipinski definition) is 1. The van der Waals surface area contributed by atoms with Gasteiger partial charge in [-0.15, -0.1) is 0 Å². The average Bonchev–Trinajstić information content (AvgIpc) is 2.37. The van der Waals surface area contributed by atoms with E-state index in [1.807, 2.05) is 38.1 Å². The van der Waals surface area contributed by atoms with Gasteiger partial charge in [0.05, 0.1) is 18.8 Å². The number of aliphatic hydroxyl groups excluding tert-OH is 1. The highest BCUT2D eigenvalue weighted by Crippen LogP contribution is 2.15. The number of aryl methyl sites for hydroxylation is 1. The van der Waals surface area contributed by atoms with Crippen LogP contribution in [0, 0.1) is 6.92 Å². The number of nitrogens with zero attached hydrogens (tertiary/aromatic N) is 1. The first-order valence-corrected chi connectivity index (χ1v) is 7.11. The third-order valence-corrected chi connectivity index (χ3v) is 3.20. The second kappa shape index (κ2) is 8.31. The van der Waals surface area contributed by atoms with E-state index in [1.165, 1.54) is 5.56 Å². The van der Waals surface area contributed by atoms with Crippen molar-refractivity contribution in [2.75, 3.05) is 26.2 Å². The fourth-order valence-electron chi connectivity index (χ4n) is 1.93. The third kappa shape index (κ3) is 6.19. The van der Waals surface area contributed by atoms with Crippen molar-refractivity contribution < 1.29 is 9.84 Å². The van der Waals surface area contributed by atoms with E-state index in [4.69, 9.17) is 4.74 Å². The van der Waals surface area contributed by atoms with Crippen LogP contribution < -0.4 is 0 Å². The molecule has 0 radical (unpaired) electrons. The standard InChI is InChI=1S/C16H27NO2/c1-5-17(10-11-19-13(2)3)12-16(18)15-8-6-14(4)7-9-15/h6-9,13,16,18H,5,10-12H2,1-4H3. The molecule has 3 heteroatoms. The monoisotopic (exact) mass is 265 g/mol. The van der Waals surface area contributed by atoms with Crippen LogP contribution in [-0.2, 0) is 4.74 Å². The fraction of sp³-hybridized carbons (Fsp3) is 0.625. The van der Waals surface area contributed by atoms with E-state index >= 15 is 0 Å². The van der Waals surface area contributed by atoms with Crippen LogP contribution in [0.2, 0.25) is 0 Å². The van der Waals surface area contributed by atoms with Crippen molar-refractivity contribution in [3.63, 3.8) is 0 Å². The second-order valence-corrected chi connectivity index (χ2v) is 5.24. The average molecular weight is 265 g/mol. The van der Waals surface area contributed by atoms with Crippen LogP contribution >= 0.6 is 0 Å². The lowest BCUT2D eigenvalue weighted by Gasteiger charge is -2.24. The molecule has 1 rings (SSSR count). The Morgan fingerprint density at radius 1 is 1.21 bits per heavy atom. The lowest BCUT2D eigenvalue weighted by atomic mass is 10.1. The second-order valence-electron chi connectivity index (χ2n) is 5.24. The van der Waals surface area contributed by atoms with Crippen molar-refractivity contribution in [2.45, 2.75) is 39.9 Å². The van der Waals surface area contributed by atoms with Gasteiger partial charge >= 0.3 is 0 Å². The highest BCUT2D eigenvalue weighted by atomic mass is 16.5. The van der Waals surface area contributed by atoms with Crippen LogP contribution in [0.4, 0.5) is 0 Å². The lowest BCUT2D eigenvalue weighted by molar-refractivity contribution is 0.0459. The first-order chi connectivity index (χ1) is 9.02. The van der Waals surface area contributed by atoms with Gasteiger partial charge in [0.2, 0.25) is 0 Å². The van der Waals surface area contributed by atoms with Crippen LogP contribution in [0.5, 0.6) is 0 Å². The minimum absolute atomic E-state index is 0.265. The Bertz CT molecular complexity index is 348. The molecule has 0 spiro atoms. The molecule has 0 aliphatic rings. The zero-order chi connectivity index (χ0) is 14.3. The van der Waals surface area contributed by atoms with Gasteiger partial charge in [0.25, 0.3) is 0 Å². The van der Waals surface area contributed by atoms with Gasteiger partial charge in [-0.1, -0.05) is 36.8 Å². The van der Waals surface area contributed by atoms with Gasteiger partial charge in [-0.05, 0) is 32.9 Å². The van der Waals surface area contributed by atoms with Crippen molar-refractivity contribution in [2.24, 2.45) is 0 Å². The highest BCUT2D eigenvalue weighted by molar-refractivity contribution is 5.23. The Kier molecular flexibility index (Phi) is 7.06. The summed E-state index contributed by atoms with van der Waals surface area (Å²) in [7, 11) is 0. The van der Waals surface area contributed by atoms with Gasteiger partial charge in [-0.3, -0.25) is 4.90 Å². The summed E-state index contributed by atoms with van der Waals surface area (Å²) >= 11 is 0. The topological polar surface area (TPSA) is 32.7 Å². The minimum Gasteiger partial charge on any atom is -0.387 e. The molecule has 1 atom stereocenters. The molecule has 0 bridgehead atoms. The van der Waals surface area contributed by atoms with Gasteiger partial charge in [-0.25, -0.2) is 0 Å². The number of likely N-dealkylation sites (N-methyl/N-ethyl adjacent to an activating group) is 1. The molecular formula is C16H27NO2. The fourth-order valence-corrected chi connectivity index (χ4v) is 1.93. The highest BCUT2D eigenvalue weighted by Gasteiger charge is 2.12. The molecule has 3 nitrogen and oxygen atoms in total. The van der Waals surface area contributed by atoms with Crippen LogP contribution in [0.25, 0.3) is 0 Å². The van der Waals surface area contributed by atoms with E-state index < -0.39 is 6.10 Å². The van der Waals surface area contributed by atoms with Gasteiger partial charge in [-0.2, -0.15) is 0 Å². The predicted molar refractivity (Wildman–Crippen MR) is 79.3 cm³/mol. The summed E-state index contributed by atoms with van der Waals surface area (Å²) in [5, 5.41) is 10.2. The molecule has 0 amide bonds. The van der Waals surface area contributed by atoms with Gasteiger partial charge in [0.1, 0.15) is 0 Å². The maximum atomic E-state index is 10.2. The molecule has 19 heavy (non-hydrogen) atoms. The van der Waals surface area contributed by atoms with Crippen molar-refractivity contribution in [1.29, 1.82) is 0 Å². The van der Waals surface area contributed by atoms with Crippen LogP contribution in [0.1, 0.15) is 38.0 Å². The summed E-state index contributed by atoms with van der Waals surface area (Å²) < 4.78 is 5.55. The van der Waals surface area contributed by atoms with Gasteiger partial charge in [0, 0.05) is 13.1 Å². The molecule has 0 aliphatic carbocycles. The molecule has 1 N–H and O–H groups in total. The Morgan fingerprint density at radius 3 is 2.37 bits per heavy atom. The summed E-state index contributed by atoms with van der Waals surface area (Å²) in [5.41, 5.74) is 2.20. The largest absolute Gasteiger partial charge is 0.387 e. The van der Waals surface area contributed by atoms with Crippen LogP contribution in [-0.4, -0.2) is 42.4 Å². The summed E-state index contributed by atoms with van der Waals surface area (Å²) in [6.45, 7) is 11.4. The zero-order valence-electron chi connectivity index (χ0n) is 12.6. The van der Waals surface area contributed by atoms with E-state index in [0.29, 0.717) is 13.2 Å². The zero-order valence-corrected chi connectivity index (χ0v) is 12.6. The van der Waals surface area contributed by atoms with Crippen molar-refractivity contribution >= 4 is 0 Å². The summed E-state index contributed by atoms with van der Waals surface area (Å²) in [4.78, 5) is 2.22. The summed E-state index contributed by atoms with van der Waals surface area (Å²) in [5.74, 6) is 0. The van der Waals surface area contributed by atoms with Crippen molar-refractivity contribution in [1.82, 2.24) is 4.90 Å². The van der Waals surface area contributed by atoms with Crippen LogP contribution in [0.15, 0.2) is 24.3 Å². The Morgan fingerprint density at radius 2 is 1.84 bits per heavy atom. The molecular weight excluding hydrogens is 238 g/mol. The normalized spacial score (nSPS) is 13.2. The van der Waals surface area contributed by atoms with E-state index in [2.05, 4.69) is 18.7 Å². The first kappa shape index (κ1) is 16.2. The summed E-state index contributed by atoms with van der Waals surface area (Å²) in [6.07, 6.45) is -0.166. The Balaban J connectivity index is 2.43. The van der Waals surface area contributed by atoms with E-state index in [-0.39, 0.29) is 6.10 Å². The van der Waals surface area contributed by atoms with Crippen LogP contribution in [0.3, 0.4) is 0 Å². The molecule has 1 aromatic rings. The van der Waals surface area contributed by atoms with E-state index in [0.717, 1.165) is 18.7 Å². The number of aliphatic hydroxyl groups is 1. The van der Waals surface area contributed by atoms with Gasteiger partial charge in [0.15, 0.2) is 0 Å². The Labute approximate surface area is 117 Å². The molecule has 0 heterocycles. The van der Waals surface area contributed by atoms with E-state index in [9.17, 15) is 5.11 Å². The predicted octanol–water partition coefficient (Wildman–Crippen LogP) is 2.78. The van der Waals surface area contributed by atoms with Crippen molar-refractivity contribution in [3.8, 4) is 0 Å². The number of benzene rings is 1. The molecule has 0 aliphatic heterocycles. The third-order valence-electron chi connectivity index (χ3n) is 3.20. The quantitative estimate of drug-likeness (QED) is 0.784. The molecule has 0 aromatic heterocycles. The lowest BCUT2D eigenvalue weighted by Crippen LogP contribution is -2.32. The smallest absolute Gasteiger partial charge is 0.0916 e. The maximum Gasteiger partial charge on any atom is 0.0916 e. The first-order valence-electron chi connectivity index (χ1n) is 7.11. The molecule has 0 saturated carbocycles. The number of rotatable bonds is 8. The molecule has 1 aromatic carbocycles. The molecule has 108 valence electrons. The number of ether oxygens (including phenoxy) is 1. The SMILES string of the molecule is CCN(CCOC(C)C)CC(O)c1ccc(C)cc1. The van der Waals surface area contributed by atoms with Crippen molar-refractivity contribution in [3.05, 3.63) is 35.4 Å². The van der Waals surface area contributed by atoms with E-state index in [1.54, 1.807) is 0 Å². The maximum absolute atomic E-state index is 10.2. The molecule has 0 saturated heterocycles. The molecule has 1 unspecified atom stereocenters. The Hall–Kier alpha value is -0.900. The molecule has 0 fully saturated rings. The number of hydrogen-bond acceptors (Lipinski definition) is 3. The summed E-state index contributed by atoms with van der Waals surface area (Å²) in [6, 6.07) is 8.07. The minimum atomic E-state index is -0.431. The van der Waals surface area contributed by atoms with Gasteiger partial charge < -0.3 is 9.84 Å².